The molecule has 0 atom stereocenters. The Kier molecular flexibility index (Phi) is 5.26. The van der Waals surface area contributed by atoms with Gasteiger partial charge in [0.2, 0.25) is 0 Å². The lowest BCUT2D eigenvalue weighted by Crippen LogP contribution is -1.97. The average molecular weight is 296 g/mol. The molecule has 0 spiro atoms. The van der Waals surface area contributed by atoms with Crippen LogP contribution in [0.25, 0.3) is 5.57 Å². The molecule has 0 amide bonds. The number of rotatable bonds is 6. The summed E-state index contributed by atoms with van der Waals surface area (Å²) in [7, 11) is 0. The third-order valence-corrected chi connectivity index (χ3v) is 3.67. The first-order chi connectivity index (χ1) is 10.6. The van der Waals surface area contributed by atoms with Gasteiger partial charge in [-0.25, -0.2) is 0 Å². The highest BCUT2D eigenvalue weighted by Gasteiger charge is 2.10. The molecule has 0 aliphatic heterocycles. The fourth-order valence-corrected chi connectivity index (χ4v) is 2.61. The van der Waals surface area contributed by atoms with Gasteiger partial charge in [0.1, 0.15) is 11.5 Å². The second kappa shape index (κ2) is 7.17. The summed E-state index contributed by atoms with van der Waals surface area (Å²) in [5.41, 5.74) is 5.67. The fraction of sp³-hybridized carbons (Fsp3) is 0.300. The van der Waals surface area contributed by atoms with Gasteiger partial charge in [-0.1, -0.05) is 18.7 Å². The van der Waals surface area contributed by atoms with Crippen LogP contribution >= 0.6 is 0 Å². The summed E-state index contributed by atoms with van der Waals surface area (Å²) in [6.07, 6.45) is 0. The largest absolute Gasteiger partial charge is 0.494 e. The molecular weight excluding hydrogens is 272 g/mol. The van der Waals surface area contributed by atoms with Crippen molar-refractivity contribution in [2.24, 2.45) is 0 Å². The van der Waals surface area contributed by atoms with Crippen molar-refractivity contribution in [1.82, 2.24) is 0 Å². The molecule has 0 aromatic heterocycles. The van der Waals surface area contributed by atoms with Crippen LogP contribution in [0.15, 0.2) is 43.0 Å². The monoisotopic (exact) mass is 296 g/mol. The van der Waals surface area contributed by atoms with Gasteiger partial charge in [0.05, 0.1) is 13.2 Å². The third kappa shape index (κ3) is 3.51. The Balaban J connectivity index is 2.32. The predicted molar refractivity (Wildman–Crippen MR) is 92.8 cm³/mol. The number of benzene rings is 2. The highest BCUT2D eigenvalue weighted by molar-refractivity contribution is 5.81. The number of hydrogen-bond donors (Lipinski definition) is 0. The second-order valence-corrected chi connectivity index (χ2v) is 5.30. The van der Waals surface area contributed by atoms with Crippen molar-refractivity contribution in [1.29, 1.82) is 0 Å². The van der Waals surface area contributed by atoms with Gasteiger partial charge in [0.15, 0.2) is 0 Å². The minimum Gasteiger partial charge on any atom is -0.494 e. The minimum atomic E-state index is 0.678. The smallest absolute Gasteiger partial charge is 0.119 e. The molecule has 2 aromatic rings. The summed E-state index contributed by atoms with van der Waals surface area (Å²) in [5.74, 6) is 1.81. The summed E-state index contributed by atoms with van der Waals surface area (Å²) in [6, 6.07) is 12.3. The van der Waals surface area contributed by atoms with E-state index in [1.807, 2.05) is 26.0 Å². The van der Waals surface area contributed by atoms with E-state index >= 15 is 0 Å². The Bertz CT molecular complexity index is 614. The standard InChI is InChI=1S/C20H24O2/c1-6-21-17-8-10-19(14(3)12-17)16(5)20-11-9-18(22-7-2)13-15(20)4/h8-13H,5-7H2,1-4H3. The second-order valence-electron chi connectivity index (χ2n) is 5.30. The Hall–Kier alpha value is -2.22. The van der Waals surface area contributed by atoms with Crippen molar-refractivity contribution >= 4 is 5.57 Å². The highest BCUT2D eigenvalue weighted by atomic mass is 16.5. The molecule has 0 bridgehead atoms. The van der Waals surface area contributed by atoms with E-state index in [9.17, 15) is 0 Å². The van der Waals surface area contributed by atoms with Gasteiger partial charge in [-0.3, -0.25) is 0 Å². The lowest BCUT2D eigenvalue weighted by atomic mass is 9.93. The van der Waals surface area contributed by atoms with Crippen LogP contribution in [0.4, 0.5) is 0 Å². The summed E-state index contributed by atoms with van der Waals surface area (Å²) in [4.78, 5) is 0. The lowest BCUT2D eigenvalue weighted by Gasteiger charge is -2.15. The molecule has 2 aromatic carbocycles. The van der Waals surface area contributed by atoms with Gasteiger partial charge >= 0.3 is 0 Å². The van der Waals surface area contributed by atoms with Crippen molar-refractivity contribution in [3.63, 3.8) is 0 Å². The Morgan fingerprint density at radius 1 is 0.818 bits per heavy atom. The Morgan fingerprint density at radius 3 is 1.55 bits per heavy atom. The number of aryl methyl sites for hydroxylation is 2. The van der Waals surface area contributed by atoms with E-state index < -0.39 is 0 Å². The van der Waals surface area contributed by atoms with Crippen LogP contribution in [0.5, 0.6) is 11.5 Å². The van der Waals surface area contributed by atoms with E-state index in [4.69, 9.17) is 9.47 Å². The van der Waals surface area contributed by atoms with E-state index in [0.717, 1.165) is 28.2 Å². The molecule has 0 saturated carbocycles. The molecule has 2 rings (SSSR count). The van der Waals surface area contributed by atoms with Crippen molar-refractivity contribution < 1.29 is 9.47 Å². The maximum Gasteiger partial charge on any atom is 0.119 e. The van der Waals surface area contributed by atoms with Gasteiger partial charge in [-0.2, -0.15) is 0 Å². The predicted octanol–water partition coefficient (Wildman–Crippen LogP) is 5.16. The summed E-state index contributed by atoms with van der Waals surface area (Å²) < 4.78 is 11.1. The first kappa shape index (κ1) is 16.2. The normalized spacial score (nSPS) is 10.4. The third-order valence-electron chi connectivity index (χ3n) is 3.67. The Labute approximate surface area is 133 Å². The fourth-order valence-electron chi connectivity index (χ4n) is 2.61. The van der Waals surface area contributed by atoms with Crippen LogP contribution in [0.2, 0.25) is 0 Å². The number of hydrogen-bond acceptors (Lipinski definition) is 2. The van der Waals surface area contributed by atoms with Crippen molar-refractivity contribution in [2.45, 2.75) is 27.7 Å². The van der Waals surface area contributed by atoms with Gasteiger partial charge in [-0.05, 0) is 79.8 Å². The Morgan fingerprint density at radius 2 is 1.23 bits per heavy atom. The van der Waals surface area contributed by atoms with E-state index in [-0.39, 0.29) is 0 Å². The zero-order valence-electron chi connectivity index (χ0n) is 13.9. The van der Waals surface area contributed by atoms with Crippen LogP contribution in [0, 0.1) is 13.8 Å². The summed E-state index contributed by atoms with van der Waals surface area (Å²) in [6.45, 7) is 13.8. The van der Waals surface area contributed by atoms with Crippen LogP contribution < -0.4 is 9.47 Å². The molecule has 0 aliphatic carbocycles. The molecule has 2 nitrogen and oxygen atoms in total. The molecule has 0 saturated heterocycles. The zero-order chi connectivity index (χ0) is 16.1. The molecule has 0 aliphatic rings. The van der Waals surface area contributed by atoms with Crippen LogP contribution in [0.1, 0.15) is 36.1 Å². The topological polar surface area (TPSA) is 18.5 Å². The van der Waals surface area contributed by atoms with Crippen molar-refractivity contribution in [3.05, 3.63) is 65.2 Å². The SMILES string of the molecule is C=C(c1ccc(OCC)cc1C)c1ccc(OCC)cc1C. The number of ether oxygens (including phenoxy) is 2. The summed E-state index contributed by atoms with van der Waals surface area (Å²) in [5, 5.41) is 0. The van der Waals surface area contributed by atoms with Gasteiger partial charge in [-0.15, -0.1) is 0 Å². The van der Waals surface area contributed by atoms with E-state index in [2.05, 4.69) is 44.7 Å². The molecule has 22 heavy (non-hydrogen) atoms. The molecule has 0 fully saturated rings. The maximum absolute atomic E-state index is 5.55. The molecule has 0 unspecified atom stereocenters. The van der Waals surface area contributed by atoms with Gasteiger partial charge in [0, 0.05) is 0 Å². The molecule has 116 valence electrons. The summed E-state index contributed by atoms with van der Waals surface area (Å²) >= 11 is 0. The molecule has 0 N–H and O–H groups in total. The maximum atomic E-state index is 5.55. The molecule has 0 radical (unpaired) electrons. The first-order valence-electron chi connectivity index (χ1n) is 7.73. The zero-order valence-corrected chi connectivity index (χ0v) is 13.9. The van der Waals surface area contributed by atoms with Crippen LogP contribution in [0.3, 0.4) is 0 Å². The molecule has 2 heteroatoms. The van der Waals surface area contributed by atoms with Crippen molar-refractivity contribution in [3.8, 4) is 11.5 Å². The molecular formula is C20H24O2. The highest BCUT2D eigenvalue weighted by Crippen LogP contribution is 2.30. The lowest BCUT2D eigenvalue weighted by molar-refractivity contribution is 0.340. The molecule has 0 heterocycles. The van der Waals surface area contributed by atoms with Crippen molar-refractivity contribution in [2.75, 3.05) is 13.2 Å². The minimum absolute atomic E-state index is 0.678. The van der Waals surface area contributed by atoms with Crippen LogP contribution in [-0.4, -0.2) is 13.2 Å². The van der Waals surface area contributed by atoms with E-state index in [0.29, 0.717) is 13.2 Å². The average Bonchev–Trinajstić information content (AvgIpc) is 2.47. The first-order valence-corrected chi connectivity index (χ1v) is 7.73. The van der Waals surface area contributed by atoms with Gasteiger partial charge < -0.3 is 9.47 Å². The van der Waals surface area contributed by atoms with Crippen LogP contribution in [-0.2, 0) is 0 Å². The van der Waals surface area contributed by atoms with E-state index in [1.54, 1.807) is 0 Å². The van der Waals surface area contributed by atoms with Gasteiger partial charge in [0.25, 0.3) is 0 Å². The quantitative estimate of drug-likeness (QED) is 0.733. The van der Waals surface area contributed by atoms with E-state index in [1.165, 1.54) is 11.1 Å².